The fraction of sp³-hybridized carbons (Fsp3) is 0.455. The molecule has 1 aromatic carbocycles. The predicted octanol–water partition coefficient (Wildman–Crippen LogP) is 3.00. The van der Waals surface area contributed by atoms with Gasteiger partial charge in [0.1, 0.15) is 0 Å². The van der Waals surface area contributed by atoms with Crippen molar-refractivity contribution in [2.45, 2.75) is 26.8 Å². The Morgan fingerprint density at radius 1 is 1.38 bits per heavy atom. The third kappa shape index (κ3) is 3.02. The molecule has 0 saturated heterocycles. The van der Waals surface area contributed by atoms with Crippen molar-refractivity contribution in [1.82, 2.24) is 0 Å². The monoisotopic (exact) mass is 197 g/mol. The number of halogens is 1. The Morgan fingerprint density at radius 3 is 2.54 bits per heavy atom. The van der Waals surface area contributed by atoms with E-state index in [2.05, 4.69) is 19.9 Å². The van der Waals surface area contributed by atoms with E-state index >= 15 is 0 Å². The van der Waals surface area contributed by atoms with Gasteiger partial charge in [0.05, 0.1) is 0 Å². The minimum Gasteiger partial charge on any atom is -0.326 e. The van der Waals surface area contributed by atoms with Crippen molar-refractivity contribution in [1.29, 1.82) is 0 Å². The zero-order valence-corrected chi connectivity index (χ0v) is 8.93. The Labute approximate surface area is 84.9 Å². The topological polar surface area (TPSA) is 26.0 Å². The summed E-state index contributed by atoms with van der Waals surface area (Å²) in [4.78, 5) is 0. The molecule has 0 aliphatic heterocycles. The molecule has 13 heavy (non-hydrogen) atoms. The summed E-state index contributed by atoms with van der Waals surface area (Å²) in [7, 11) is 0. The highest BCUT2D eigenvalue weighted by Gasteiger charge is 2.01. The van der Waals surface area contributed by atoms with Gasteiger partial charge in [0.2, 0.25) is 0 Å². The lowest BCUT2D eigenvalue weighted by atomic mass is 10.0. The smallest absolute Gasteiger partial charge is 0.0453 e. The van der Waals surface area contributed by atoms with Crippen LogP contribution in [-0.4, -0.2) is 0 Å². The standard InChI is InChI=1S/C11H16ClN/c1-8(2)5-9-3-4-10(7-13)11(12)6-9/h3-4,6,8H,5,7,13H2,1-2H3. The minimum atomic E-state index is 0.515. The van der Waals surface area contributed by atoms with Crippen LogP contribution in [0.25, 0.3) is 0 Å². The maximum atomic E-state index is 6.03. The second kappa shape index (κ2) is 4.64. The Hall–Kier alpha value is -0.530. The van der Waals surface area contributed by atoms with E-state index in [4.69, 9.17) is 17.3 Å². The molecule has 0 amide bonds. The zero-order chi connectivity index (χ0) is 9.84. The van der Waals surface area contributed by atoms with Crippen LogP contribution < -0.4 is 5.73 Å². The molecular formula is C11H16ClN. The Balaban J connectivity index is 2.83. The van der Waals surface area contributed by atoms with Crippen LogP contribution in [0.1, 0.15) is 25.0 Å². The SMILES string of the molecule is CC(C)Cc1ccc(CN)c(Cl)c1. The summed E-state index contributed by atoms with van der Waals surface area (Å²) >= 11 is 6.03. The molecule has 0 unspecified atom stereocenters. The van der Waals surface area contributed by atoms with E-state index in [-0.39, 0.29) is 0 Å². The molecule has 0 spiro atoms. The van der Waals surface area contributed by atoms with Crippen molar-refractivity contribution in [2.24, 2.45) is 11.7 Å². The third-order valence-electron chi connectivity index (χ3n) is 1.98. The number of hydrogen-bond acceptors (Lipinski definition) is 1. The first-order chi connectivity index (χ1) is 6.13. The molecule has 2 N–H and O–H groups in total. The molecule has 2 heteroatoms. The van der Waals surface area contributed by atoms with Gasteiger partial charge in [-0.3, -0.25) is 0 Å². The first kappa shape index (κ1) is 10.6. The van der Waals surface area contributed by atoms with Crippen molar-refractivity contribution in [2.75, 3.05) is 0 Å². The maximum absolute atomic E-state index is 6.03. The van der Waals surface area contributed by atoms with Gasteiger partial charge in [0, 0.05) is 11.6 Å². The largest absolute Gasteiger partial charge is 0.326 e. The zero-order valence-electron chi connectivity index (χ0n) is 8.18. The fourth-order valence-corrected chi connectivity index (χ4v) is 1.64. The summed E-state index contributed by atoms with van der Waals surface area (Å²) in [5.74, 6) is 0.666. The Kier molecular flexibility index (Phi) is 3.76. The van der Waals surface area contributed by atoms with E-state index in [1.165, 1.54) is 5.56 Å². The molecule has 1 aromatic rings. The van der Waals surface area contributed by atoms with E-state index in [9.17, 15) is 0 Å². The number of nitrogens with two attached hydrogens (primary N) is 1. The highest BCUT2D eigenvalue weighted by atomic mass is 35.5. The number of rotatable bonds is 3. The van der Waals surface area contributed by atoms with E-state index < -0.39 is 0 Å². The molecule has 0 radical (unpaired) electrons. The average molecular weight is 198 g/mol. The number of benzene rings is 1. The van der Waals surface area contributed by atoms with Crippen molar-refractivity contribution in [3.05, 3.63) is 34.3 Å². The highest BCUT2D eigenvalue weighted by Crippen LogP contribution is 2.19. The lowest BCUT2D eigenvalue weighted by Crippen LogP contribution is -1.99. The van der Waals surface area contributed by atoms with Crippen molar-refractivity contribution >= 4 is 11.6 Å². The van der Waals surface area contributed by atoms with Crippen LogP contribution in [0.2, 0.25) is 5.02 Å². The van der Waals surface area contributed by atoms with Gasteiger partial charge in [-0.05, 0) is 29.5 Å². The molecule has 0 aliphatic carbocycles. The van der Waals surface area contributed by atoms with Crippen LogP contribution in [0, 0.1) is 5.92 Å². The highest BCUT2D eigenvalue weighted by molar-refractivity contribution is 6.31. The molecular weight excluding hydrogens is 182 g/mol. The van der Waals surface area contributed by atoms with Crippen LogP contribution in [-0.2, 0) is 13.0 Å². The molecule has 0 saturated carbocycles. The van der Waals surface area contributed by atoms with Gasteiger partial charge in [0.15, 0.2) is 0 Å². The van der Waals surface area contributed by atoms with Crippen molar-refractivity contribution in [3.8, 4) is 0 Å². The van der Waals surface area contributed by atoms with E-state index in [1.807, 2.05) is 12.1 Å². The molecule has 0 heterocycles. The fourth-order valence-electron chi connectivity index (χ4n) is 1.35. The molecule has 0 bridgehead atoms. The van der Waals surface area contributed by atoms with Gasteiger partial charge >= 0.3 is 0 Å². The first-order valence-electron chi connectivity index (χ1n) is 4.61. The van der Waals surface area contributed by atoms with Gasteiger partial charge in [-0.25, -0.2) is 0 Å². The second-order valence-electron chi connectivity index (χ2n) is 3.73. The first-order valence-corrected chi connectivity index (χ1v) is 4.98. The molecule has 0 aliphatic rings. The van der Waals surface area contributed by atoms with Crippen LogP contribution in [0.5, 0.6) is 0 Å². The average Bonchev–Trinajstić information content (AvgIpc) is 2.03. The van der Waals surface area contributed by atoms with Gasteiger partial charge in [-0.15, -0.1) is 0 Å². The van der Waals surface area contributed by atoms with Crippen molar-refractivity contribution < 1.29 is 0 Å². The third-order valence-corrected chi connectivity index (χ3v) is 2.33. The van der Waals surface area contributed by atoms with Crippen LogP contribution >= 0.6 is 11.6 Å². The molecule has 0 fully saturated rings. The maximum Gasteiger partial charge on any atom is 0.0453 e. The molecule has 0 atom stereocenters. The quantitative estimate of drug-likeness (QED) is 0.792. The molecule has 1 nitrogen and oxygen atoms in total. The van der Waals surface area contributed by atoms with Crippen LogP contribution in [0.15, 0.2) is 18.2 Å². The Bertz CT molecular complexity index is 281. The van der Waals surface area contributed by atoms with Gasteiger partial charge < -0.3 is 5.73 Å². The minimum absolute atomic E-state index is 0.515. The summed E-state index contributed by atoms with van der Waals surface area (Å²) in [6.07, 6.45) is 1.07. The van der Waals surface area contributed by atoms with Gasteiger partial charge in [-0.2, -0.15) is 0 Å². The van der Waals surface area contributed by atoms with E-state index in [1.54, 1.807) is 0 Å². The lowest BCUT2D eigenvalue weighted by molar-refractivity contribution is 0.647. The Morgan fingerprint density at radius 2 is 2.08 bits per heavy atom. The van der Waals surface area contributed by atoms with Crippen molar-refractivity contribution in [3.63, 3.8) is 0 Å². The van der Waals surface area contributed by atoms with E-state index in [0.29, 0.717) is 12.5 Å². The summed E-state index contributed by atoms with van der Waals surface area (Å²) in [6.45, 7) is 4.91. The lowest BCUT2D eigenvalue weighted by Gasteiger charge is -2.07. The van der Waals surface area contributed by atoms with Gasteiger partial charge in [-0.1, -0.05) is 37.6 Å². The summed E-state index contributed by atoms with van der Waals surface area (Å²) in [6, 6.07) is 6.14. The summed E-state index contributed by atoms with van der Waals surface area (Å²) < 4.78 is 0. The molecule has 72 valence electrons. The number of hydrogen-bond donors (Lipinski definition) is 1. The van der Waals surface area contributed by atoms with Crippen LogP contribution in [0.3, 0.4) is 0 Å². The second-order valence-corrected chi connectivity index (χ2v) is 4.14. The predicted molar refractivity (Wildman–Crippen MR) is 57.9 cm³/mol. The van der Waals surface area contributed by atoms with E-state index in [0.717, 1.165) is 17.0 Å². The molecule has 0 aromatic heterocycles. The van der Waals surface area contributed by atoms with Gasteiger partial charge in [0.25, 0.3) is 0 Å². The molecule has 1 rings (SSSR count). The summed E-state index contributed by atoms with van der Waals surface area (Å²) in [5.41, 5.74) is 7.83. The summed E-state index contributed by atoms with van der Waals surface area (Å²) in [5, 5.41) is 0.792. The van der Waals surface area contributed by atoms with Crippen LogP contribution in [0.4, 0.5) is 0 Å². The normalized spacial score (nSPS) is 10.8.